The fraction of sp³-hybridized carbons (Fsp3) is 0.200. The lowest BCUT2D eigenvalue weighted by atomic mass is 10.2. The number of carbonyl (C=O) groups excluding carboxylic acids is 1. The molecule has 5 heteroatoms. The van der Waals surface area contributed by atoms with E-state index in [4.69, 9.17) is 21.5 Å². The van der Waals surface area contributed by atoms with Crippen LogP contribution in [0.5, 0.6) is 5.75 Å². The van der Waals surface area contributed by atoms with Gasteiger partial charge in [-0.3, -0.25) is 4.79 Å². The van der Waals surface area contributed by atoms with Crippen molar-refractivity contribution in [2.24, 2.45) is 11.5 Å². The lowest BCUT2D eigenvalue weighted by Gasteiger charge is -2.10. The summed E-state index contributed by atoms with van der Waals surface area (Å²) >= 11 is 0. The smallest absolute Gasteiger partial charge is 0.237 e. The fourth-order valence-electron chi connectivity index (χ4n) is 0.947. The maximum atomic E-state index is 10.6. The summed E-state index contributed by atoms with van der Waals surface area (Å²) < 4.78 is 5.20. The van der Waals surface area contributed by atoms with E-state index in [1.54, 1.807) is 24.3 Å². The van der Waals surface area contributed by atoms with E-state index in [1.165, 1.54) is 0 Å². The van der Waals surface area contributed by atoms with Gasteiger partial charge in [0.25, 0.3) is 0 Å². The summed E-state index contributed by atoms with van der Waals surface area (Å²) in [5.74, 6) is -0.235. The summed E-state index contributed by atoms with van der Waals surface area (Å²) in [5.41, 5.74) is 10.7. The first kappa shape index (κ1) is 11.0. The Morgan fingerprint density at radius 2 is 2.20 bits per heavy atom. The number of benzene rings is 1. The molecule has 1 atom stereocenters. The number of hydrogen-bond donors (Lipinski definition) is 2. The molecule has 78 valence electrons. The van der Waals surface area contributed by atoms with Crippen molar-refractivity contribution < 1.29 is 9.53 Å². The molecule has 1 aromatic rings. The normalized spacial score (nSPS) is 11.5. The Labute approximate surface area is 87.2 Å². The molecule has 0 aliphatic heterocycles. The van der Waals surface area contributed by atoms with Gasteiger partial charge in [0, 0.05) is 0 Å². The molecule has 1 rings (SSSR count). The summed E-state index contributed by atoms with van der Waals surface area (Å²) in [6.45, 7) is -0.0337. The highest BCUT2D eigenvalue weighted by molar-refractivity contribution is 5.79. The summed E-state index contributed by atoms with van der Waals surface area (Å²) in [6, 6.07) is 7.80. The van der Waals surface area contributed by atoms with Gasteiger partial charge in [0.15, 0.2) is 0 Å². The molecule has 0 heterocycles. The Morgan fingerprint density at radius 1 is 1.53 bits per heavy atom. The molecule has 4 N–H and O–H groups in total. The molecule has 5 nitrogen and oxygen atoms in total. The number of primary amides is 1. The predicted molar refractivity (Wildman–Crippen MR) is 53.8 cm³/mol. The monoisotopic (exact) mass is 205 g/mol. The SMILES string of the molecule is N#Cc1ccccc1OCC(N)C(N)=O. The molecule has 0 saturated carbocycles. The molecule has 0 aromatic heterocycles. The van der Waals surface area contributed by atoms with Crippen LogP contribution >= 0.6 is 0 Å². The van der Waals surface area contributed by atoms with Gasteiger partial charge >= 0.3 is 0 Å². The number of ether oxygens (including phenoxy) is 1. The van der Waals surface area contributed by atoms with Crippen molar-refractivity contribution in [1.82, 2.24) is 0 Å². The number of nitriles is 1. The van der Waals surface area contributed by atoms with E-state index in [0.717, 1.165) is 0 Å². The predicted octanol–water partition coefficient (Wildman–Crippen LogP) is -0.250. The zero-order chi connectivity index (χ0) is 11.3. The van der Waals surface area contributed by atoms with Gasteiger partial charge in [0.1, 0.15) is 24.5 Å². The molecule has 0 saturated heterocycles. The van der Waals surface area contributed by atoms with Crippen molar-refractivity contribution in [2.45, 2.75) is 6.04 Å². The van der Waals surface area contributed by atoms with Crippen molar-refractivity contribution in [3.05, 3.63) is 29.8 Å². The highest BCUT2D eigenvalue weighted by atomic mass is 16.5. The fourth-order valence-corrected chi connectivity index (χ4v) is 0.947. The van der Waals surface area contributed by atoms with E-state index >= 15 is 0 Å². The number of carbonyl (C=O) groups is 1. The van der Waals surface area contributed by atoms with Crippen molar-refractivity contribution in [1.29, 1.82) is 5.26 Å². The van der Waals surface area contributed by atoms with Crippen LogP contribution in [0.2, 0.25) is 0 Å². The maximum absolute atomic E-state index is 10.6. The van der Waals surface area contributed by atoms with Gasteiger partial charge in [-0.1, -0.05) is 12.1 Å². The zero-order valence-corrected chi connectivity index (χ0v) is 8.01. The van der Waals surface area contributed by atoms with Crippen LogP contribution in [0.1, 0.15) is 5.56 Å². The maximum Gasteiger partial charge on any atom is 0.237 e. The quantitative estimate of drug-likeness (QED) is 0.707. The lowest BCUT2D eigenvalue weighted by Crippen LogP contribution is -2.41. The van der Waals surface area contributed by atoms with E-state index in [9.17, 15) is 4.79 Å². The highest BCUT2D eigenvalue weighted by Gasteiger charge is 2.10. The second-order valence-corrected chi connectivity index (χ2v) is 2.93. The zero-order valence-electron chi connectivity index (χ0n) is 8.01. The van der Waals surface area contributed by atoms with Crippen molar-refractivity contribution >= 4 is 5.91 Å². The molecule has 0 aliphatic carbocycles. The van der Waals surface area contributed by atoms with Gasteiger partial charge in [-0.25, -0.2) is 0 Å². The van der Waals surface area contributed by atoms with Gasteiger partial charge < -0.3 is 16.2 Å². The van der Waals surface area contributed by atoms with Crippen molar-refractivity contribution in [2.75, 3.05) is 6.61 Å². The highest BCUT2D eigenvalue weighted by Crippen LogP contribution is 2.16. The Bertz CT molecular complexity index is 398. The van der Waals surface area contributed by atoms with E-state index in [2.05, 4.69) is 0 Å². The molecule has 15 heavy (non-hydrogen) atoms. The molecule has 0 radical (unpaired) electrons. The minimum atomic E-state index is -0.864. The average molecular weight is 205 g/mol. The summed E-state index contributed by atoms with van der Waals surface area (Å²) in [4.78, 5) is 10.6. The molecule has 0 bridgehead atoms. The molecule has 1 unspecified atom stereocenters. The summed E-state index contributed by atoms with van der Waals surface area (Å²) in [7, 11) is 0. The second kappa shape index (κ2) is 4.98. The number of nitrogens with zero attached hydrogens (tertiary/aromatic N) is 1. The topological polar surface area (TPSA) is 102 Å². The Balaban J connectivity index is 2.66. The number of rotatable bonds is 4. The standard InChI is InChI=1S/C10H11N3O2/c11-5-7-3-1-2-4-9(7)15-6-8(12)10(13)14/h1-4,8H,6,12H2,(H2,13,14). The van der Waals surface area contributed by atoms with Crippen molar-refractivity contribution in [3.8, 4) is 11.8 Å². The largest absolute Gasteiger partial charge is 0.490 e. The molecule has 0 fully saturated rings. The first-order valence-corrected chi connectivity index (χ1v) is 4.32. The minimum absolute atomic E-state index is 0.0337. The van der Waals surface area contributed by atoms with Gasteiger partial charge in [0.05, 0.1) is 5.56 Å². The number of hydrogen-bond acceptors (Lipinski definition) is 4. The van der Waals surface area contributed by atoms with Crippen LogP contribution < -0.4 is 16.2 Å². The average Bonchev–Trinajstić information content (AvgIpc) is 2.26. The van der Waals surface area contributed by atoms with Gasteiger partial charge in [-0.05, 0) is 12.1 Å². The van der Waals surface area contributed by atoms with E-state index < -0.39 is 11.9 Å². The summed E-state index contributed by atoms with van der Waals surface area (Å²) in [6.07, 6.45) is 0. The van der Waals surface area contributed by atoms with Gasteiger partial charge in [0.2, 0.25) is 5.91 Å². The molecule has 0 spiro atoms. The number of para-hydroxylation sites is 1. The van der Waals surface area contributed by atoms with Crippen LogP contribution in [0.3, 0.4) is 0 Å². The van der Waals surface area contributed by atoms with Crippen LogP contribution in [0, 0.1) is 11.3 Å². The Hall–Kier alpha value is -2.06. The lowest BCUT2D eigenvalue weighted by molar-refractivity contribution is -0.119. The van der Waals surface area contributed by atoms with Gasteiger partial charge in [-0.2, -0.15) is 5.26 Å². The van der Waals surface area contributed by atoms with Gasteiger partial charge in [-0.15, -0.1) is 0 Å². The third kappa shape index (κ3) is 2.97. The third-order valence-corrected chi connectivity index (χ3v) is 1.79. The van der Waals surface area contributed by atoms with Crippen LogP contribution in [-0.4, -0.2) is 18.6 Å². The number of amides is 1. The number of nitrogens with two attached hydrogens (primary N) is 2. The third-order valence-electron chi connectivity index (χ3n) is 1.79. The Kier molecular flexibility index (Phi) is 3.66. The van der Waals surface area contributed by atoms with E-state index in [-0.39, 0.29) is 6.61 Å². The molecular formula is C10H11N3O2. The molecular weight excluding hydrogens is 194 g/mol. The van der Waals surface area contributed by atoms with E-state index in [1.807, 2.05) is 6.07 Å². The first-order valence-electron chi connectivity index (χ1n) is 4.32. The molecule has 1 amide bonds. The van der Waals surface area contributed by atoms with E-state index in [0.29, 0.717) is 11.3 Å². The van der Waals surface area contributed by atoms with Crippen LogP contribution in [0.4, 0.5) is 0 Å². The molecule has 0 aliphatic rings. The van der Waals surface area contributed by atoms with Crippen LogP contribution in [0.25, 0.3) is 0 Å². The van der Waals surface area contributed by atoms with Crippen LogP contribution in [-0.2, 0) is 4.79 Å². The molecule has 1 aromatic carbocycles. The van der Waals surface area contributed by atoms with Crippen molar-refractivity contribution in [3.63, 3.8) is 0 Å². The van der Waals surface area contributed by atoms with Crippen LogP contribution in [0.15, 0.2) is 24.3 Å². The minimum Gasteiger partial charge on any atom is -0.490 e. The Morgan fingerprint density at radius 3 is 2.80 bits per heavy atom. The summed E-state index contributed by atoms with van der Waals surface area (Å²) in [5, 5.41) is 8.74. The first-order chi connectivity index (χ1) is 7.15. The second-order valence-electron chi connectivity index (χ2n) is 2.93.